The number of hydrogen-bond acceptors (Lipinski definition) is 2. The molecule has 0 spiro atoms. The first-order valence-corrected chi connectivity index (χ1v) is 4.89. The Balaban J connectivity index is 2.84. The lowest BCUT2D eigenvalue weighted by atomic mass is 10.3. The first kappa shape index (κ1) is 9.03. The van der Waals surface area contributed by atoms with Crippen molar-refractivity contribution >= 4 is 44.8 Å². The Morgan fingerprint density at radius 3 is 2.82 bits per heavy atom. The van der Waals surface area contributed by atoms with Gasteiger partial charge >= 0.3 is 0 Å². The van der Waals surface area contributed by atoms with Crippen LogP contribution in [0.25, 0.3) is 0 Å². The van der Waals surface area contributed by atoms with Gasteiger partial charge in [-0.05, 0) is 22.0 Å². The Kier molecular flexibility index (Phi) is 2.92. The van der Waals surface area contributed by atoms with Crippen molar-refractivity contribution < 1.29 is 4.79 Å². The van der Waals surface area contributed by atoms with Crippen molar-refractivity contribution in [2.75, 3.05) is 0 Å². The van der Waals surface area contributed by atoms with Gasteiger partial charge in [0.15, 0.2) is 0 Å². The monoisotopic (exact) mass is 253 g/mol. The van der Waals surface area contributed by atoms with Crippen LogP contribution in [0.2, 0.25) is 0 Å². The number of alkyl halides is 1. The second kappa shape index (κ2) is 3.56. The number of thiophene rings is 1. The fraction of sp³-hybridized carbons (Fsp3) is 0.167. The molecule has 0 saturated carbocycles. The molecule has 1 unspecified atom stereocenters. The maximum Gasteiger partial charge on any atom is 0.240 e. The Morgan fingerprint density at radius 2 is 2.45 bits per heavy atom. The molecule has 0 saturated heterocycles. The van der Waals surface area contributed by atoms with Crippen LogP contribution in [0.1, 0.15) is 10.3 Å². The highest BCUT2D eigenvalue weighted by atomic mass is 79.9. The molecule has 1 amide bonds. The maximum atomic E-state index is 10.6. The van der Waals surface area contributed by atoms with Crippen LogP contribution in [0.4, 0.5) is 0 Å². The molecule has 5 heteroatoms. The topological polar surface area (TPSA) is 43.1 Å². The van der Waals surface area contributed by atoms with E-state index >= 15 is 0 Å². The van der Waals surface area contributed by atoms with Crippen molar-refractivity contribution in [3.8, 4) is 0 Å². The first-order valence-electron chi connectivity index (χ1n) is 2.78. The van der Waals surface area contributed by atoms with E-state index in [1.165, 1.54) is 11.3 Å². The summed E-state index contributed by atoms with van der Waals surface area (Å²) in [6.07, 6.45) is 0. The van der Waals surface area contributed by atoms with Gasteiger partial charge in [0, 0.05) is 14.7 Å². The van der Waals surface area contributed by atoms with E-state index in [1.54, 1.807) is 6.07 Å². The van der Waals surface area contributed by atoms with Crippen molar-refractivity contribution in [1.29, 1.82) is 0 Å². The summed E-state index contributed by atoms with van der Waals surface area (Å²) in [5.41, 5.74) is 5.00. The molecule has 0 aliphatic carbocycles. The summed E-state index contributed by atoms with van der Waals surface area (Å²) in [4.78, 5) is 11.4. The second-order valence-corrected chi connectivity index (χ2v) is 4.23. The summed E-state index contributed by atoms with van der Waals surface area (Å²) in [7, 11) is 0. The minimum Gasteiger partial charge on any atom is -0.368 e. The molecule has 1 aromatic heterocycles. The predicted octanol–water partition coefficient (Wildman–Crippen LogP) is 2.28. The van der Waals surface area contributed by atoms with Gasteiger partial charge in [-0.3, -0.25) is 4.79 Å². The maximum absolute atomic E-state index is 10.6. The predicted molar refractivity (Wildman–Crippen MR) is 49.8 cm³/mol. The minimum atomic E-state index is -0.703. The van der Waals surface area contributed by atoms with E-state index in [-0.39, 0.29) is 0 Å². The van der Waals surface area contributed by atoms with Crippen molar-refractivity contribution in [2.45, 2.75) is 5.38 Å². The van der Waals surface area contributed by atoms with Gasteiger partial charge in [0.05, 0.1) is 0 Å². The van der Waals surface area contributed by atoms with E-state index in [2.05, 4.69) is 15.9 Å². The van der Waals surface area contributed by atoms with Crippen LogP contribution in [0, 0.1) is 0 Å². The molecule has 0 aliphatic rings. The van der Waals surface area contributed by atoms with Gasteiger partial charge in [0.1, 0.15) is 5.38 Å². The summed E-state index contributed by atoms with van der Waals surface area (Å²) in [5.74, 6) is -0.513. The van der Waals surface area contributed by atoms with Gasteiger partial charge in [-0.15, -0.1) is 22.9 Å². The minimum absolute atomic E-state index is 0.513. The lowest BCUT2D eigenvalue weighted by Crippen LogP contribution is -2.15. The Hall–Kier alpha value is -0.0600. The van der Waals surface area contributed by atoms with Crippen molar-refractivity contribution in [1.82, 2.24) is 0 Å². The molecule has 1 rings (SSSR count). The van der Waals surface area contributed by atoms with E-state index in [1.807, 2.05) is 5.38 Å². The zero-order chi connectivity index (χ0) is 8.43. The molecular formula is C6H5BrClNOS. The van der Waals surface area contributed by atoms with Gasteiger partial charge in [-0.2, -0.15) is 0 Å². The molecule has 0 aromatic carbocycles. The molecule has 2 nitrogen and oxygen atoms in total. The third-order valence-corrected chi connectivity index (χ3v) is 3.43. The summed E-state index contributed by atoms with van der Waals surface area (Å²) >= 11 is 10.3. The standard InChI is InChI=1S/C6H5BrClNOS/c7-3-1-4(11-2-3)5(8)6(9)10/h1-2,5H,(H2,9,10). The van der Waals surface area contributed by atoms with E-state index < -0.39 is 11.3 Å². The average Bonchev–Trinajstić information content (AvgIpc) is 2.34. The van der Waals surface area contributed by atoms with E-state index in [0.717, 1.165) is 9.35 Å². The van der Waals surface area contributed by atoms with Crippen molar-refractivity contribution in [2.24, 2.45) is 5.73 Å². The van der Waals surface area contributed by atoms with E-state index in [0.29, 0.717) is 0 Å². The summed E-state index contributed by atoms with van der Waals surface area (Å²) in [6.45, 7) is 0. The van der Waals surface area contributed by atoms with Crippen molar-refractivity contribution in [3.63, 3.8) is 0 Å². The first-order chi connectivity index (χ1) is 5.11. The molecule has 0 aliphatic heterocycles. The third-order valence-electron chi connectivity index (χ3n) is 1.09. The van der Waals surface area contributed by atoms with Gasteiger partial charge < -0.3 is 5.73 Å². The number of amides is 1. The fourth-order valence-electron chi connectivity index (χ4n) is 0.601. The van der Waals surface area contributed by atoms with Crippen LogP contribution in [0.5, 0.6) is 0 Å². The Morgan fingerprint density at radius 1 is 1.82 bits per heavy atom. The highest BCUT2D eigenvalue weighted by Gasteiger charge is 2.15. The van der Waals surface area contributed by atoms with Gasteiger partial charge in [0.25, 0.3) is 0 Å². The highest BCUT2D eigenvalue weighted by molar-refractivity contribution is 9.10. The average molecular weight is 255 g/mol. The van der Waals surface area contributed by atoms with Crippen LogP contribution in [0.3, 0.4) is 0 Å². The van der Waals surface area contributed by atoms with Gasteiger partial charge in [0.2, 0.25) is 5.91 Å². The van der Waals surface area contributed by atoms with Crippen LogP contribution in [-0.2, 0) is 4.79 Å². The summed E-state index contributed by atoms with van der Waals surface area (Å²) in [6, 6.07) is 1.78. The van der Waals surface area contributed by atoms with Gasteiger partial charge in [-0.25, -0.2) is 0 Å². The van der Waals surface area contributed by atoms with Crippen LogP contribution < -0.4 is 5.73 Å². The van der Waals surface area contributed by atoms with Crippen molar-refractivity contribution in [3.05, 3.63) is 20.8 Å². The molecule has 0 bridgehead atoms. The summed E-state index contributed by atoms with van der Waals surface area (Å²) in [5, 5.41) is 1.15. The molecule has 1 aromatic rings. The fourth-order valence-corrected chi connectivity index (χ4v) is 2.24. The van der Waals surface area contributed by atoms with E-state index in [9.17, 15) is 4.79 Å². The molecule has 60 valence electrons. The molecule has 1 atom stereocenters. The van der Waals surface area contributed by atoms with Crippen LogP contribution >= 0.6 is 38.9 Å². The third kappa shape index (κ3) is 2.18. The number of rotatable bonds is 2. The molecule has 11 heavy (non-hydrogen) atoms. The smallest absolute Gasteiger partial charge is 0.240 e. The molecular weight excluding hydrogens is 249 g/mol. The lowest BCUT2D eigenvalue weighted by Gasteiger charge is -1.98. The number of nitrogens with two attached hydrogens (primary N) is 1. The Labute approximate surface area is 81.5 Å². The summed E-state index contributed by atoms with van der Waals surface area (Å²) < 4.78 is 0.921. The quantitative estimate of drug-likeness (QED) is 0.809. The van der Waals surface area contributed by atoms with Crippen LogP contribution in [-0.4, -0.2) is 5.91 Å². The molecule has 1 heterocycles. The normalized spacial score (nSPS) is 12.9. The second-order valence-electron chi connectivity index (χ2n) is 1.93. The van der Waals surface area contributed by atoms with E-state index in [4.69, 9.17) is 17.3 Å². The number of halogens is 2. The van der Waals surface area contributed by atoms with Gasteiger partial charge in [-0.1, -0.05) is 0 Å². The molecule has 0 radical (unpaired) electrons. The zero-order valence-electron chi connectivity index (χ0n) is 5.38. The number of primary amides is 1. The zero-order valence-corrected chi connectivity index (χ0v) is 8.54. The Bertz CT molecular complexity index is 275. The number of carbonyl (C=O) groups is 1. The molecule has 2 N–H and O–H groups in total. The SMILES string of the molecule is NC(=O)C(Cl)c1cc(Br)cs1. The lowest BCUT2D eigenvalue weighted by molar-refractivity contribution is -0.117. The largest absolute Gasteiger partial charge is 0.368 e. The number of carbonyl (C=O) groups excluding carboxylic acids is 1. The molecule has 0 fully saturated rings. The van der Waals surface area contributed by atoms with Crippen LogP contribution in [0.15, 0.2) is 15.9 Å². The number of hydrogen-bond donors (Lipinski definition) is 1. The highest BCUT2D eigenvalue weighted by Crippen LogP contribution is 2.29.